The third-order valence-electron chi connectivity index (χ3n) is 5.19. The Morgan fingerprint density at radius 1 is 1.12 bits per heavy atom. The number of imide groups is 1. The van der Waals surface area contributed by atoms with E-state index in [0.717, 1.165) is 45.2 Å². The summed E-state index contributed by atoms with van der Waals surface area (Å²) in [7, 11) is 0. The van der Waals surface area contributed by atoms with Gasteiger partial charge in [0.2, 0.25) is 0 Å². The standard InChI is InChI=1S/C19H31N3O3/c1-19(2,3)15-10-13-21(14-15)18(25)20-11-6-4-5-7-12-22-16(23)8-9-17(22)24/h8-9,15H,4-7,10-14H2,1-3H3,(H,20,25)/t15-/m1/s1. The van der Waals surface area contributed by atoms with Gasteiger partial charge < -0.3 is 10.2 Å². The summed E-state index contributed by atoms with van der Waals surface area (Å²) < 4.78 is 0. The Labute approximate surface area is 150 Å². The number of unbranched alkanes of at least 4 members (excludes halogenated alkanes) is 3. The lowest BCUT2D eigenvalue weighted by molar-refractivity contribution is -0.136. The molecule has 2 heterocycles. The predicted molar refractivity (Wildman–Crippen MR) is 96.9 cm³/mol. The Kier molecular flexibility index (Phi) is 6.62. The van der Waals surface area contributed by atoms with Gasteiger partial charge in [0.1, 0.15) is 0 Å². The number of carbonyl (C=O) groups is 3. The lowest BCUT2D eigenvalue weighted by atomic mass is 9.80. The van der Waals surface area contributed by atoms with Crippen LogP contribution in [0.1, 0.15) is 52.9 Å². The van der Waals surface area contributed by atoms with Crippen molar-refractivity contribution in [2.45, 2.75) is 52.9 Å². The zero-order valence-electron chi connectivity index (χ0n) is 15.7. The third kappa shape index (κ3) is 5.58. The number of nitrogens with zero attached hydrogens (tertiary/aromatic N) is 2. The number of hydrogen-bond donors (Lipinski definition) is 1. The molecule has 0 aromatic rings. The Morgan fingerprint density at radius 2 is 1.76 bits per heavy atom. The molecule has 1 saturated heterocycles. The summed E-state index contributed by atoms with van der Waals surface area (Å²) in [6.07, 6.45) is 7.38. The topological polar surface area (TPSA) is 69.7 Å². The summed E-state index contributed by atoms with van der Waals surface area (Å²) in [6, 6.07) is 0.0473. The van der Waals surface area contributed by atoms with E-state index in [1.807, 2.05) is 4.90 Å². The molecule has 0 saturated carbocycles. The van der Waals surface area contributed by atoms with E-state index in [1.54, 1.807) is 0 Å². The maximum Gasteiger partial charge on any atom is 0.317 e. The molecule has 1 fully saturated rings. The molecule has 25 heavy (non-hydrogen) atoms. The fourth-order valence-electron chi connectivity index (χ4n) is 3.36. The molecule has 1 atom stereocenters. The van der Waals surface area contributed by atoms with Crippen molar-refractivity contribution in [1.29, 1.82) is 0 Å². The molecule has 2 aliphatic heterocycles. The van der Waals surface area contributed by atoms with Crippen LogP contribution in [0.15, 0.2) is 12.2 Å². The summed E-state index contributed by atoms with van der Waals surface area (Å²) in [4.78, 5) is 38.2. The Morgan fingerprint density at radius 3 is 2.36 bits per heavy atom. The predicted octanol–water partition coefficient (Wildman–Crippen LogP) is 2.55. The first kappa shape index (κ1) is 19.5. The molecule has 0 aromatic carbocycles. The van der Waals surface area contributed by atoms with Crippen molar-refractivity contribution in [1.82, 2.24) is 15.1 Å². The number of hydrogen-bond acceptors (Lipinski definition) is 3. The van der Waals surface area contributed by atoms with Gasteiger partial charge >= 0.3 is 6.03 Å². The first-order valence-corrected chi connectivity index (χ1v) is 9.35. The van der Waals surface area contributed by atoms with E-state index in [9.17, 15) is 14.4 Å². The molecule has 0 spiro atoms. The van der Waals surface area contributed by atoms with E-state index in [0.29, 0.717) is 19.0 Å². The molecule has 140 valence electrons. The van der Waals surface area contributed by atoms with Crippen LogP contribution in [0.2, 0.25) is 0 Å². The second-order valence-corrected chi connectivity index (χ2v) is 8.11. The van der Waals surface area contributed by atoms with Gasteiger partial charge in [-0.1, -0.05) is 33.6 Å². The van der Waals surface area contributed by atoms with E-state index in [4.69, 9.17) is 0 Å². The second kappa shape index (κ2) is 8.50. The van der Waals surface area contributed by atoms with Crippen LogP contribution < -0.4 is 5.32 Å². The first-order chi connectivity index (χ1) is 11.8. The number of urea groups is 1. The van der Waals surface area contributed by atoms with Crippen LogP contribution in [0.4, 0.5) is 4.79 Å². The van der Waals surface area contributed by atoms with Crippen molar-refractivity contribution in [3.8, 4) is 0 Å². The summed E-state index contributed by atoms with van der Waals surface area (Å²) in [5.41, 5.74) is 0.253. The molecule has 6 nitrogen and oxygen atoms in total. The highest BCUT2D eigenvalue weighted by molar-refractivity contribution is 6.12. The molecule has 0 unspecified atom stereocenters. The zero-order chi connectivity index (χ0) is 18.4. The van der Waals surface area contributed by atoms with E-state index in [2.05, 4.69) is 26.1 Å². The van der Waals surface area contributed by atoms with Gasteiger partial charge in [-0.2, -0.15) is 0 Å². The zero-order valence-corrected chi connectivity index (χ0v) is 15.7. The lowest BCUT2D eigenvalue weighted by Crippen LogP contribution is -2.39. The average molecular weight is 349 g/mol. The van der Waals surface area contributed by atoms with Gasteiger partial charge in [-0.25, -0.2) is 4.79 Å². The number of likely N-dealkylation sites (tertiary alicyclic amines) is 1. The fourth-order valence-corrected chi connectivity index (χ4v) is 3.36. The van der Waals surface area contributed by atoms with Crippen LogP contribution >= 0.6 is 0 Å². The highest BCUT2D eigenvalue weighted by Crippen LogP contribution is 2.33. The summed E-state index contributed by atoms with van der Waals surface area (Å²) in [5, 5.41) is 3.00. The number of carbonyl (C=O) groups excluding carboxylic acids is 3. The van der Waals surface area contributed by atoms with Crippen molar-refractivity contribution < 1.29 is 14.4 Å². The summed E-state index contributed by atoms with van der Waals surface area (Å²) >= 11 is 0. The van der Waals surface area contributed by atoms with E-state index < -0.39 is 0 Å². The van der Waals surface area contributed by atoms with Crippen LogP contribution in [-0.2, 0) is 9.59 Å². The quantitative estimate of drug-likeness (QED) is 0.567. The van der Waals surface area contributed by atoms with Crippen molar-refractivity contribution >= 4 is 17.8 Å². The van der Waals surface area contributed by atoms with Crippen molar-refractivity contribution in [2.24, 2.45) is 11.3 Å². The highest BCUT2D eigenvalue weighted by Gasteiger charge is 2.33. The molecule has 4 amide bonds. The van der Waals surface area contributed by atoms with Crippen molar-refractivity contribution in [3.63, 3.8) is 0 Å². The third-order valence-corrected chi connectivity index (χ3v) is 5.19. The molecular weight excluding hydrogens is 318 g/mol. The Balaban J connectivity index is 1.51. The van der Waals surface area contributed by atoms with Gasteiger partial charge in [0.15, 0.2) is 0 Å². The van der Waals surface area contributed by atoms with Gasteiger partial charge in [-0.15, -0.1) is 0 Å². The largest absolute Gasteiger partial charge is 0.338 e. The van der Waals surface area contributed by atoms with Crippen LogP contribution in [0.3, 0.4) is 0 Å². The van der Waals surface area contributed by atoms with E-state index >= 15 is 0 Å². The Bertz CT molecular complexity index is 519. The maximum atomic E-state index is 12.2. The lowest BCUT2D eigenvalue weighted by Gasteiger charge is -2.27. The van der Waals surface area contributed by atoms with Gasteiger partial charge in [-0.3, -0.25) is 14.5 Å². The molecule has 0 aliphatic carbocycles. The fraction of sp³-hybridized carbons (Fsp3) is 0.737. The minimum atomic E-state index is -0.212. The van der Waals surface area contributed by atoms with Crippen molar-refractivity contribution in [3.05, 3.63) is 12.2 Å². The average Bonchev–Trinajstić information content (AvgIpc) is 3.15. The number of amides is 4. The second-order valence-electron chi connectivity index (χ2n) is 8.11. The van der Waals surface area contributed by atoms with Crippen LogP contribution in [0.5, 0.6) is 0 Å². The Hall–Kier alpha value is -1.85. The normalized spacial score (nSPS) is 20.7. The van der Waals surface area contributed by atoms with Crippen molar-refractivity contribution in [2.75, 3.05) is 26.2 Å². The summed E-state index contributed by atoms with van der Waals surface area (Å²) in [6.45, 7) is 9.56. The van der Waals surface area contributed by atoms with Gasteiger partial charge in [0, 0.05) is 38.3 Å². The van der Waals surface area contributed by atoms with Gasteiger partial charge in [-0.05, 0) is 30.6 Å². The minimum absolute atomic E-state index is 0.0473. The van der Waals surface area contributed by atoms with E-state index in [1.165, 1.54) is 17.1 Å². The van der Waals surface area contributed by atoms with Gasteiger partial charge in [0.25, 0.3) is 11.8 Å². The molecule has 2 rings (SSSR count). The minimum Gasteiger partial charge on any atom is -0.338 e. The number of rotatable bonds is 7. The summed E-state index contributed by atoms with van der Waals surface area (Å²) in [5.74, 6) is 0.150. The molecule has 2 aliphatic rings. The molecule has 1 N–H and O–H groups in total. The molecule has 0 aromatic heterocycles. The monoisotopic (exact) mass is 349 g/mol. The van der Waals surface area contributed by atoms with Gasteiger partial charge in [0.05, 0.1) is 0 Å². The van der Waals surface area contributed by atoms with E-state index in [-0.39, 0.29) is 23.3 Å². The molecule has 0 bridgehead atoms. The molecule has 0 radical (unpaired) electrons. The SMILES string of the molecule is CC(C)(C)[C@@H]1CCN(C(=O)NCCCCCCN2C(=O)C=CC2=O)C1. The van der Waals surface area contributed by atoms with Crippen LogP contribution in [-0.4, -0.2) is 53.8 Å². The number of nitrogens with one attached hydrogen (secondary N) is 1. The molecule has 6 heteroatoms. The maximum absolute atomic E-state index is 12.2. The van der Waals surface area contributed by atoms with Crippen LogP contribution in [0.25, 0.3) is 0 Å². The first-order valence-electron chi connectivity index (χ1n) is 9.35. The van der Waals surface area contributed by atoms with Crippen LogP contribution in [0, 0.1) is 11.3 Å². The smallest absolute Gasteiger partial charge is 0.317 e. The molecular formula is C19H31N3O3. The highest BCUT2D eigenvalue weighted by atomic mass is 16.2.